The van der Waals surface area contributed by atoms with Crippen molar-refractivity contribution in [3.8, 4) is 0 Å². The molecule has 1 heterocycles. The summed E-state index contributed by atoms with van der Waals surface area (Å²) in [5.74, 6) is 0. The number of hydrogen-bond acceptors (Lipinski definition) is 2. The van der Waals surface area contributed by atoms with E-state index in [-0.39, 0.29) is 5.39 Å². The second kappa shape index (κ2) is 2.94. The van der Waals surface area contributed by atoms with Crippen molar-refractivity contribution >= 4 is 10.8 Å². The third-order valence-electron chi connectivity index (χ3n) is 1.77. The van der Waals surface area contributed by atoms with Crippen LogP contribution < -0.4 is 0 Å². The Morgan fingerprint density at radius 3 is 2.57 bits per heavy atom. The summed E-state index contributed by atoms with van der Waals surface area (Å²) in [4.78, 5) is 0. The van der Waals surface area contributed by atoms with Crippen LogP contribution in [0, 0.1) is 6.20 Å². The molecular formula is C9H4F3N2. The highest BCUT2D eigenvalue weighted by Crippen LogP contribution is 2.31. The van der Waals surface area contributed by atoms with Crippen LogP contribution in [-0.4, -0.2) is 10.2 Å². The Labute approximate surface area is 77.4 Å². The van der Waals surface area contributed by atoms with Crippen molar-refractivity contribution in [3.05, 3.63) is 36.2 Å². The van der Waals surface area contributed by atoms with E-state index < -0.39 is 11.9 Å². The van der Waals surface area contributed by atoms with Gasteiger partial charge in [0.1, 0.15) is 6.20 Å². The summed E-state index contributed by atoms with van der Waals surface area (Å²) in [7, 11) is 0. The lowest BCUT2D eigenvalue weighted by Gasteiger charge is -2.06. The topological polar surface area (TPSA) is 25.8 Å². The fourth-order valence-electron chi connectivity index (χ4n) is 1.18. The van der Waals surface area contributed by atoms with Crippen molar-refractivity contribution in [3.63, 3.8) is 0 Å². The summed E-state index contributed by atoms with van der Waals surface area (Å²) in [6.07, 6.45) is -2.07. The Balaban J connectivity index is 2.78. The minimum Gasteiger partial charge on any atom is -0.164 e. The van der Waals surface area contributed by atoms with E-state index >= 15 is 0 Å². The molecule has 0 amide bonds. The normalized spacial score (nSPS) is 11.9. The molecule has 0 saturated heterocycles. The third kappa shape index (κ3) is 1.41. The van der Waals surface area contributed by atoms with E-state index in [1.165, 1.54) is 18.2 Å². The average molecular weight is 197 g/mol. The SMILES string of the molecule is FC(F)(F)c1nn[c]c2ccccc12. The van der Waals surface area contributed by atoms with Crippen LogP contribution >= 0.6 is 0 Å². The highest BCUT2D eigenvalue weighted by molar-refractivity contribution is 5.83. The standard InChI is InChI=1S/C9H4F3N2/c10-9(11,12)8-7-4-2-1-3-6(7)5-13-14-8/h1-4H. The molecule has 0 saturated carbocycles. The van der Waals surface area contributed by atoms with Gasteiger partial charge in [0.05, 0.1) is 0 Å². The Morgan fingerprint density at radius 2 is 1.86 bits per heavy atom. The predicted octanol–water partition coefficient (Wildman–Crippen LogP) is 2.45. The van der Waals surface area contributed by atoms with Gasteiger partial charge in [0.15, 0.2) is 5.69 Å². The van der Waals surface area contributed by atoms with Crippen LogP contribution in [0.25, 0.3) is 10.8 Å². The lowest BCUT2D eigenvalue weighted by molar-refractivity contribution is -0.140. The number of fused-ring (bicyclic) bond motifs is 1. The van der Waals surface area contributed by atoms with Gasteiger partial charge in [-0.3, -0.25) is 0 Å². The molecule has 1 aromatic carbocycles. The second-order valence-corrected chi connectivity index (χ2v) is 2.70. The molecule has 5 heteroatoms. The van der Waals surface area contributed by atoms with Gasteiger partial charge in [-0.25, -0.2) is 0 Å². The maximum atomic E-state index is 12.4. The monoisotopic (exact) mass is 197 g/mol. The first-order chi connectivity index (χ1) is 6.59. The minimum absolute atomic E-state index is 0.0231. The number of nitrogens with zero attached hydrogens (tertiary/aromatic N) is 2. The van der Waals surface area contributed by atoms with Crippen molar-refractivity contribution in [2.24, 2.45) is 0 Å². The van der Waals surface area contributed by atoms with Crippen LogP contribution in [0.3, 0.4) is 0 Å². The van der Waals surface area contributed by atoms with Crippen LogP contribution in [0.15, 0.2) is 24.3 Å². The molecule has 2 nitrogen and oxygen atoms in total. The Kier molecular flexibility index (Phi) is 1.87. The van der Waals surface area contributed by atoms with Crippen molar-refractivity contribution in [2.45, 2.75) is 6.18 Å². The maximum Gasteiger partial charge on any atom is 0.435 e. The van der Waals surface area contributed by atoms with Crippen molar-refractivity contribution < 1.29 is 13.2 Å². The van der Waals surface area contributed by atoms with Crippen LogP contribution in [0.2, 0.25) is 0 Å². The number of halogens is 3. The van der Waals surface area contributed by atoms with Gasteiger partial charge in [0.2, 0.25) is 0 Å². The molecule has 0 fully saturated rings. The van der Waals surface area contributed by atoms with E-state index in [9.17, 15) is 13.2 Å². The summed E-state index contributed by atoms with van der Waals surface area (Å²) in [5, 5.41) is 6.57. The van der Waals surface area contributed by atoms with Gasteiger partial charge in [-0.2, -0.15) is 13.2 Å². The number of rotatable bonds is 0. The van der Waals surface area contributed by atoms with Crippen LogP contribution in [-0.2, 0) is 6.18 Å². The smallest absolute Gasteiger partial charge is 0.164 e. The predicted molar refractivity (Wildman–Crippen MR) is 43.4 cm³/mol. The molecule has 0 unspecified atom stereocenters. The number of aromatic nitrogens is 2. The quantitative estimate of drug-likeness (QED) is 0.648. The van der Waals surface area contributed by atoms with E-state index in [1.54, 1.807) is 6.07 Å². The molecule has 2 rings (SSSR count). The molecule has 14 heavy (non-hydrogen) atoms. The first-order valence-corrected chi connectivity index (χ1v) is 3.79. The highest BCUT2D eigenvalue weighted by Gasteiger charge is 2.34. The summed E-state index contributed by atoms with van der Waals surface area (Å²) in [6, 6.07) is 6.01. The van der Waals surface area contributed by atoms with Crippen LogP contribution in [0.5, 0.6) is 0 Å². The zero-order valence-corrected chi connectivity index (χ0v) is 6.84. The van der Waals surface area contributed by atoms with Gasteiger partial charge in [-0.1, -0.05) is 24.3 Å². The Hall–Kier alpha value is -1.65. The zero-order chi connectivity index (χ0) is 10.2. The first-order valence-electron chi connectivity index (χ1n) is 3.79. The molecule has 2 aromatic rings. The Morgan fingerprint density at radius 1 is 1.14 bits per heavy atom. The van der Waals surface area contributed by atoms with Gasteiger partial charge in [-0.15, -0.1) is 10.2 Å². The van der Waals surface area contributed by atoms with E-state index in [4.69, 9.17) is 0 Å². The lowest BCUT2D eigenvalue weighted by Crippen LogP contribution is -2.09. The molecule has 71 valence electrons. The van der Waals surface area contributed by atoms with E-state index in [2.05, 4.69) is 16.4 Å². The van der Waals surface area contributed by atoms with Gasteiger partial charge in [0, 0.05) is 10.8 Å². The fourth-order valence-corrected chi connectivity index (χ4v) is 1.18. The molecule has 0 aliphatic rings. The van der Waals surface area contributed by atoms with Gasteiger partial charge >= 0.3 is 6.18 Å². The molecular weight excluding hydrogens is 193 g/mol. The molecule has 0 aliphatic carbocycles. The maximum absolute atomic E-state index is 12.4. The molecule has 0 spiro atoms. The zero-order valence-electron chi connectivity index (χ0n) is 6.84. The fraction of sp³-hybridized carbons (Fsp3) is 0.111. The van der Waals surface area contributed by atoms with Gasteiger partial charge in [-0.05, 0) is 0 Å². The molecule has 0 N–H and O–H groups in total. The van der Waals surface area contributed by atoms with E-state index in [0.29, 0.717) is 5.39 Å². The summed E-state index contributed by atoms with van der Waals surface area (Å²) in [6.45, 7) is 0. The van der Waals surface area contributed by atoms with Gasteiger partial charge in [0.25, 0.3) is 0 Å². The summed E-state index contributed by atoms with van der Waals surface area (Å²) in [5.41, 5.74) is -0.966. The lowest BCUT2D eigenvalue weighted by atomic mass is 10.1. The first kappa shape index (κ1) is 8.93. The third-order valence-corrected chi connectivity index (χ3v) is 1.77. The molecule has 0 bridgehead atoms. The summed E-state index contributed by atoms with van der Waals surface area (Å²) < 4.78 is 37.2. The van der Waals surface area contributed by atoms with E-state index in [1.807, 2.05) is 0 Å². The van der Waals surface area contributed by atoms with Crippen molar-refractivity contribution in [2.75, 3.05) is 0 Å². The van der Waals surface area contributed by atoms with Crippen LogP contribution in [0.1, 0.15) is 5.69 Å². The highest BCUT2D eigenvalue weighted by atomic mass is 19.4. The average Bonchev–Trinajstić information content (AvgIpc) is 2.15. The Bertz CT molecular complexity index is 460. The van der Waals surface area contributed by atoms with Gasteiger partial charge < -0.3 is 0 Å². The summed E-state index contributed by atoms with van der Waals surface area (Å²) >= 11 is 0. The van der Waals surface area contributed by atoms with Crippen LogP contribution in [0.4, 0.5) is 13.2 Å². The van der Waals surface area contributed by atoms with Crippen molar-refractivity contribution in [1.82, 2.24) is 10.2 Å². The molecule has 0 atom stereocenters. The largest absolute Gasteiger partial charge is 0.435 e. The minimum atomic E-state index is -4.47. The number of benzene rings is 1. The van der Waals surface area contributed by atoms with E-state index in [0.717, 1.165) is 0 Å². The molecule has 1 aromatic heterocycles. The second-order valence-electron chi connectivity index (χ2n) is 2.70. The number of hydrogen-bond donors (Lipinski definition) is 0. The molecule has 1 radical (unpaired) electrons. The number of alkyl halides is 3. The molecule has 0 aliphatic heterocycles. The van der Waals surface area contributed by atoms with Crippen molar-refractivity contribution in [1.29, 1.82) is 0 Å².